The fourth-order valence-corrected chi connectivity index (χ4v) is 1.27. The Labute approximate surface area is 77.2 Å². The molecule has 0 saturated carbocycles. The Morgan fingerprint density at radius 2 is 2.08 bits per heavy atom. The van der Waals surface area contributed by atoms with Crippen molar-refractivity contribution in [3.05, 3.63) is 29.8 Å². The normalized spacial score (nSPS) is 12.6. The van der Waals surface area contributed by atoms with Crippen molar-refractivity contribution in [2.24, 2.45) is 5.73 Å². The van der Waals surface area contributed by atoms with Gasteiger partial charge in [-0.1, -0.05) is 18.2 Å². The summed E-state index contributed by atoms with van der Waals surface area (Å²) in [6, 6.07) is 6.80. The molecule has 0 heterocycles. The lowest BCUT2D eigenvalue weighted by molar-refractivity contribution is -0.118. The topological polar surface area (TPSA) is 43.1 Å². The number of benzene rings is 1. The second-order valence-corrected chi connectivity index (χ2v) is 3.13. The first-order valence-corrected chi connectivity index (χ1v) is 4.11. The molecule has 1 aromatic carbocycles. The van der Waals surface area contributed by atoms with Crippen molar-refractivity contribution in [1.29, 1.82) is 0 Å². The molecule has 64 valence electrons. The number of nitrogens with two attached hydrogens (primary N) is 1. The van der Waals surface area contributed by atoms with Gasteiger partial charge in [0, 0.05) is 4.90 Å². The van der Waals surface area contributed by atoms with Gasteiger partial charge in [-0.3, -0.25) is 4.79 Å². The summed E-state index contributed by atoms with van der Waals surface area (Å²) in [4.78, 5) is 11.7. The molecule has 0 fully saturated rings. The van der Waals surface area contributed by atoms with Crippen LogP contribution in [-0.2, 0) is 4.79 Å². The smallest absolute Gasteiger partial charge is 0.151 e. The Hall–Kier alpha value is -0.800. The molecule has 1 rings (SSSR count). The van der Waals surface area contributed by atoms with E-state index >= 15 is 0 Å². The molecule has 0 aliphatic rings. The first-order valence-electron chi connectivity index (χ1n) is 3.67. The van der Waals surface area contributed by atoms with Crippen molar-refractivity contribution in [2.75, 3.05) is 0 Å². The van der Waals surface area contributed by atoms with Gasteiger partial charge in [0.15, 0.2) is 5.78 Å². The molecule has 0 aliphatic carbocycles. The highest BCUT2D eigenvalue weighted by molar-refractivity contribution is 7.80. The summed E-state index contributed by atoms with van der Waals surface area (Å²) in [5, 5.41) is 0. The number of hydrogen-bond donors (Lipinski definition) is 2. The molecule has 0 radical (unpaired) electrons. The second kappa shape index (κ2) is 3.74. The fraction of sp³-hybridized carbons (Fsp3) is 0.222. The van der Waals surface area contributed by atoms with E-state index in [0.29, 0.717) is 0 Å². The molecule has 2 N–H and O–H groups in total. The molecule has 0 aliphatic heterocycles. The zero-order valence-electron chi connectivity index (χ0n) is 6.82. The first kappa shape index (κ1) is 9.29. The number of ketones is 1. The molecule has 2 nitrogen and oxygen atoms in total. The van der Waals surface area contributed by atoms with Crippen LogP contribution in [0.25, 0.3) is 0 Å². The Kier molecular flexibility index (Phi) is 2.89. The van der Waals surface area contributed by atoms with Crippen molar-refractivity contribution in [3.8, 4) is 0 Å². The SMILES string of the molecule is CC(=O)C(N)c1ccccc1S. The molecular weight excluding hydrogens is 170 g/mol. The summed E-state index contributed by atoms with van der Waals surface area (Å²) in [6.07, 6.45) is 0. The lowest BCUT2D eigenvalue weighted by Crippen LogP contribution is -2.18. The Morgan fingerprint density at radius 1 is 1.50 bits per heavy atom. The van der Waals surface area contributed by atoms with E-state index in [0.717, 1.165) is 10.5 Å². The average molecular weight is 181 g/mol. The van der Waals surface area contributed by atoms with Gasteiger partial charge >= 0.3 is 0 Å². The minimum Gasteiger partial charge on any atom is -0.318 e. The molecule has 0 spiro atoms. The lowest BCUT2D eigenvalue weighted by Gasteiger charge is -2.09. The Bertz CT molecular complexity index is 298. The van der Waals surface area contributed by atoms with Gasteiger partial charge in [0.25, 0.3) is 0 Å². The molecule has 3 heteroatoms. The monoisotopic (exact) mass is 181 g/mol. The van der Waals surface area contributed by atoms with Crippen LogP contribution >= 0.6 is 12.6 Å². The van der Waals surface area contributed by atoms with Crippen LogP contribution < -0.4 is 5.73 Å². The minimum atomic E-state index is -0.543. The van der Waals surface area contributed by atoms with E-state index in [-0.39, 0.29) is 5.78 Å². The fourth-order valence-electron chi connectivity index (χ4n) is 0.970. The van der Waals surface area contributed by atoms with Gasteiger partial charge in [-0.05, 0) is 18.6 Å². The predicted molar refractivity (Wildman–Crippen MR) is 51.3 cm³/mol. The van der Waals surface area contributed by atoms with Crippen molar-refractivity contribution >= 4 is 18.4 Å². The lowest BCUT2D eigenvalue weighted by atomic mass is 10.1. The molecule has 1 unspecified atom stereocenters. The summed E-state index contributed by atoms with van der Waals surface area (Å²) in [5.41, 5.74) is 6.43. The van der Waals surface area contributed by atoms with Crippen LogP contribution in [-0.4, -0.2) is 5.78 Å². The summed E-state index contributed by atoms with van der Waals surface area (Å²) in [7, 11) is 0. The molecule has 0 saturated heterocycles. The number of carbonyl (C=O) groups is 1. The average Bonchev–Trinajstić information content (AvgIpc) is 2.04. The molecule has 0 bridgehead atoms. The largest absolute Gasteiger partial charge is 0.318 e. The van der Waals surface area contributed by atoms with Crippen LogP contribution in [0, 0.1) is 0 Å². The van der Waals surface area contributed by atoms with Crippen LogP contribution in [0.2, 0.25) is 0 Å². The summed E-state index contributed by atoms with van der Waals surface area (Å²) in [6.45, 7) is 1.48. The van der Waals surface area contributed by atoms with Gasteiger partial charge < -0.3 is 5.73 Å². The predicted octanol–water partition coefficient (Wildman–Crippen LogP) is 1.56. The first-order chi connectivity index (χ1) is 5.63. The summed E-state index contributed by atoms with van der Waals surface area (Å²) in [5.74, 6) is -0.0449. The van der Waals surface area contributed by atoms with E-state index in [1.165, 1.54) is 6.92 Å². The van der Waals surface area contributed by atoms with Gasteiger partial charge in [-0.15, -0.1) is 12.6 Å². The van der Waals surface area contributed by atoms with Gasteiger partial charge in [-0.2, -0.15) is 0 Å². The number of rotatable bonds is 2. The van der Waals surface area contributed by atoms with E-state index in [9.17, 15) is 4.79 Å². The van der Waals surface area contributed by atoms with Crippen molar-refractivity contribution in [1.82, 2.24) is 0 Å². The highest BCUT2D eigenvalue weighted by Gasteiger charge is 2.12. The summed E-state index contributed by atoms with van der Waals surface area (Å²) >= 11 is 4.20. The number of hydrogen-bond acceptors (Lipinski definition) is 3. The van der Waals surface area contributed by atoms with E-state index in [2.05, 4.69) is 12.6 Å². The van der Waals surface area contributed by atoms with E-state index < -0.39 is 6.04 Å². The van der Waals surface area contributed by atoms with Gasteiger partial charge in [-0.25, -0.2) is 0 Å². The maximum atomic E-state index is 10.9. The van der Waals surface area contributed by atoms with Gasteiger partial charge in [0.2, 0.25) is 0 Å². The Morgan fingerprint density at radius 3 is 2.58 bits per heavy atom. The van der Waals surface area contributed by atoms with Crippen LogP contribution in [0.3, 0.4) is 0 Å². The van der Waals surface area contributed by atoms with Crippen LogP contribution in [0.1, 0.15) is 18.5 Å². The highest BCUT2D eigenvalue weighted by atomic mass is 32.1. The molecule has 12 heavy (non-hydrogen) atoms. The third kappa shape index (κ3) is 1.87. The molecule has 0 aromatic heterocycles. The third-order valence-corrected chi connectivity index (χ3v) is 2.12. The van der Waals surface area contributed by atoms with Crippen molar-refractivity contribution < 1.29 is 4.79 Å². The second-order valence-electron chi connectivity index (χ2n) is 2.65. The zero-order valence-corrected chi connectivity index (χ0v) is 7.71. The van der Waals surface area contributed by atoms with E-state index in [1.54, 1.807) is 0 Å². The highest BCUT2D eigenvalue weighted by Crippen LogP contribution is 2.19. The molecule has 1 aromatic rings. The number of carbonyl (C=O) groups excluding carboxylic acids is 1. The molecule has 0 amide bonds. The maximum absolute atomic E-state index is 10.9. The van der Waals surface area contributed by atoms with Crippen LogP contribution in [0.15, 0.2) is 29.2 Å². The van der Waals surface area contributed by atoms with Crippen LogP contribution in [0.5, 0.6) is 0 Å². The molecular formula is C9H11NOS. The van der Waals surface area contributed by atoms with E-state index in [1.807, 2.05) is 24.3 Å². The maximum Gasteiger partial charge on any atom is 0.151 e. The minimum absolute atomic E-state index is 0.0449. The summed E-state index contributed by atoms with van der Waals surface area (Å²) < 4.78 is 0. The van der Waals surface area contributed by atoms with Crippen molar-refractivity contribution in [2.45, 2.75) is 17.9 Å². The van der Waals surface area contributed by atoms with Crippen molar-refractivity contribution in [3.63, 3.8) is 0 Å². The number of Topliss-reactive ketones (excluding diaryl/α,β-unsaturated/α-hetero) is 1. The standard InChI is InChI=1S/C9H11NOS/c1-6(11)9(10)7-4-2-3-5-8(7)12/h2-5,9,12H,10H2,1H3. The van der Waals surface area contributed by atoms with Crippen LogP contribution in [0.4, 0.5) is 0 Å². The third-order valence-electron chi connectivity index (χ3n) is 1.71. The van der Waals surface area contributed by atoms with Gasteiger partial charge in [0.05, 0.1) is 6.04 Å². The number of thiol groups is 1. The zero-order chi connectivity index (χ0) is 9.14. The quantitative estimate of drug-likeness (QED) is 0.680. The molecule has 1 atom stereocenters. The van der Waals surface area contributed by atoms with Gasteiger partial charge in [0.1, 0.15) is 0 Å². The Balaban J connectivity index is 3.02. The van der Waals surface area contributed by atoms with E-state index in [4.69, 9.17) is 5.73 Å².